The van der Waals surface area contributed by atoms with Crippen molar-refractivity contribution in [3.05, 3.63) is 59.2 Å². The van der Waals surface area contributed by atoms with Crippen LogP contribution in [0.4, 0.5) is 8.78 Å². The highest BCUT2D eigenvalue weighted by atomic mass is 19.1. The zero-order valence-electron chi connectivity index (χ0n) is 14.7. The van der Waals surface area contributed by atoms with Crippen LogP contribution in [0.3, 0.4) is 0 Å². The van der Waals surface area contributed by atoms with Crippen molar-refractivity contribution in [3.8, 4) is 11.5 Å². The number of fused-ring (bicyclic) bond motifs is 3. The second-order valence-corrected chi connectivity index (χ2v) is 7.10. The number of rotatable bonds is 4. The number of benzene rings is 2. The third kappa shape index (κ3) is 2.82. The minimum Gasteiger partial charge on any atom is -0.492 e. The summed E-state index contributed by atoms with van der Waals surface area (Å²) < 4.78 is 38.4. The van der Waals surface area contributed by atoms with Gasteiger partial charge in [0.1, 0.15) is 17.8 Å². The molecule has 0 aliphatic carbocycles. The van der Waals surface area contributed by atoms with E-state index in [1.54, 1.807) is 0 Å². The molecular weight excluding hydrogens is 356 g/mol. The fourth-order valence-corrected chi connectivity index (χ4v) is 4.21. The molecule has 0 unspecified atom stereocenters. The van der Waals surface area contributed by atoms with Gasteiger partial charge in [-0.05, 0) is 29.3 Å². The number of para-hydroxylation sites is 1. The molecule has 0 aromatic heterocycles. The van der Waals surface area contributed by atoms with E-state index in [9.17, 15) is 18.7 Å². The molecule has 0 saturated carbocycles. The number of ether oxygens (including phenoxy) is 2. The summed E-state index contributed by atoms with van der Waals surface area (Å²) in [4.78, 5) is 14.0. The van der Waals surface area contributed by atoms with E-state index in [0.717, 1.165) is 5.56 Å². The second kappa shape index (κ2) is 6.49. The Hall–Kier alpha value is -2.67. The number of halogens is 2. The summed E-state index contributed by atoms with van der Waals surface area (Å²) in [5.74, 6) is -2.43. The standard InChI is InChI=1S/C20H19F2NO4/c1-26-18-15(21)6-12(7-16(18)22)8-23-9-14-13-4-2-3-5-17(13)27-11-20(14,10-23)19(24)25/h2-7,14H,8-11H2,1H3,(H,24,25)/t14-,20-/m0/s1. The Kier molecular flexibility index (Phi) is 4.26. The Morgan fingerprint density at radius 2 is 2.04 bits per heavy atom. The van der Waals surface area contributed by atoms with Crippen LogP contribution >= 0.6 is 0 Å². The SMILES string of the molecule is COc1c(F)cc(CN2C[C@H]3c4ccccc4OC[C@@]3(C(=O)O)C2)cc1F. The average Bonchev–Trinajstić information content (AvgIpc) is 3.01. The predicted octanol–water partition coefficient (Wildman–Crippen LogP) is 3.04. The smallest absolute Gasteiger partial charge is 0.315 e. The molecule has 2 atom stereocenters. The highest BCUT2D eigenvalue weighted by Crippen LogP contribution is 2.50. The molecule has 0 radical (unpaired) electrons. The molecule has 2 aromatic carbocycles. The zero-order chi connectivity index (χ0) is 19.2. The maximum Gasteiger partial charge on any atom is 0.315 e. The van der Waals surface area contributed by atoms with Crippen molar-refractivity contribution in [2.24, 2.45) is 5.41 Å². The van der Waals surface area contributed by atoms with Gasteiger partial charge in [0.25, 0.3) is 0 Å². The second-order valence-electron chi connectivity index (χ2n) is 7.10. The molecule has 0 bridgehead atoms. The van der Waals surface area contributed by atoms with E-state index in [-0.39, 0.29) is 25.6 Å². The normalized spacial score (nSPS) is 24.0. The number of methoxy groups -OCH3 is 1. The van der Waals surface area contributed by atoms with Crippen molar-refractivity contribution in [1.29, 1.82) is 0 Å². The summed E-state index contributed by atoms with van der Waals surface area (Å²) in [6.07, 6.45) is 0. The molecule has 4 rings (SSSR count). The van der Waals surface area contributed by atoms with Crippen LogP contribution in [0.1, 0.15) is 17.0 Å². The van der Waals surface area contributed by atoms with Gasteiger partial charge < -0.3 is 14.6 Å². The molecule has 1 saturated heterocycles. The number of hydrogen-bond acceptors (Lipinski definition) is 4. The summed E-state index contributed by atoms with van der Waals surface area (Å²) >= 11 is 0. The Morgan fingerprint density at radius 1 is 1.33 bits per heavy atom. The monoisotopic (exact) mass is 375 g/mol. The molecule has 1 fully saturated rings. The first kappa shape index (κ1) is 17.7. The molecule has 1 N–H and O–H groups in total. The molecule has 5 nitrogen and oxygen atoms in total. The van der Waals surface area contributed by atoms with Gasteiger partial charge in [0, 0.05) is 25.6 Å². The molecule has 2 aliphatic rings. The lowest BCUT2D eigenvalue weighted by Crippen LogP contribution is -2.45. The van der Waals surface area contributed by atoms with Crippen molar-refractivity contribution < 1.29 is 28.2 Å². The predicted molar refractivity (Wildman–Crippen MR) is 92.9 cm³/mol. The Bertz CT molecular complexity index is 880. The Labute approximate surface area is 155 Å². The minimum absolute atomic E-state index is 0.0752. The van der Waals surface area contributed by atoms with Gasteiger partial charge in [0.15, 0.2) is 17.4 Å². The van der Waals surface area contributed by atoms with Gasteiger partial charge in [-0.3, -0.25) is 9.69 Å². The number of hydrogen-bond donors (Lipinski definition) is 1. The molecule has 2 aliphatic heterocycles. The largest absolute Gasteiger partial charge is 0.492 e. The Balaban J connectivity index is 1.64. The lowest BCUT2D eigenvalue weighted by Gasteiger charge is -2.35. The molecule has 2 heterocycles. The third-order valence-corrected chi connectivity index (χ3v) is 5.49. The van der Waals surface area contributed by atoms with Crippen molar-refractivity contribution in [3.63, 3.8) is 0 Å². The van der Waals surface area contributed by atoms with Gasteiger partial charge in [0.2, 0.25) is 0 Å². The minimum atomic E-state index is -1.07. The van der Waals surface area contributed by atoms with Gasteiger partial charge in [-0.2, -0.15) is 0 Å². The summed E-state index contributed by atoms with van der Waals surface area (Å²) in [7, 11) is 1.21. The average molecular weight is 375 g/mol. The van der Waals surface area contributed by atoms with Crippen LogP contribution < -0.4 is 9.47 Å². The van der Waals surface area contributed by atoms with E-state index in [1.165, 1.54) is 19.2 Å². The van der Waals surface area contributed by atoms with Crippen LogP contribution in [0.25, 0.3) is 0 Å². The lowest BCUT2D eigenvalue weighted by molar-refractivity contribution is -0.151. The number of carboxylic acids is 1. The van der Waals surface area contributed by atoms with Crippen LogP contribution in [0.2, 0.25) is 0 Å². The van der Waals surface area contributed by atoms with E-state index >= 15 is 0 Å². The van der Waals surface area contributed by atoms with Crippen LogP contribution in [0, 0.1) is 17.0 Å². The number of carboxylic acid groups (broad SMARTS) is 1. The molecule has 7 heteroatoms. The third-order valence-electron chi connectivity index (χ3n) is 5.49. The van der Waals surface area contributed by atoms with Gasteiger partial charge in [-0.25, -0.2) is 8.78 Å². The van der Waals surface area contributed by atoms with Crippen molar-refractivity contribution in [2.45, 2.75) is 12.5 Å². The molecular formula is C20H19F2NO4. The number of likely N-dealkylation sites (tertiary alicyclic amines) is 1. The van der Waals surface area contributed by atoms with Crippen LogP contribution in [-0.2, 0) is 11.3 Å². The van der Waals surface area contributed by atoms with Gasteiger partial charge in [-0.15, -0.1) is 0 Å². The fraction of sp³-hybridized carbons (Fsp3) is 0.350. The van der Waals surface area contributed by atoms with E-state index in [0.29, 0.717) is 17.9 Å². The molecule has 142 valence electrons. The van der Waals surface area contributed by atoms with Crippen molar-refractivity contribution in [1.82, 2.24) is 4.90 Å². The van der Waals surface area contributed by atoms with Crippen molar-refractivity contribution in [2.75, 3.05) is 26.8 Å². The number of carbonyl (C=O) groups is 1. The first-order chi connectivity index (χ1) is 12.9. The number of nitrogens with zero attached hydrogens (tertiary/aromatic N) is 1. The highest BCUT2D eigenvalue weighted by Gasteiger charge is 2.56. The van der Waals surface area contributed by atoms with Gasteiger partial charge in [-0.1, -0.05) is 18.2 Å². The van der Waals surface area contributed by atoms with Crippen molar-refractivity contribution >= 4 is 5.97 Å². The van der Waals surface area contributed by atoms with E-state index in [4.69, 9.17) is 9.47 Å². The summed E-state index contributed by atoms with van der Waals surface area (Å²) in [6, 6.07) is 9.87. The summed E-state index contributed by atoms with van der Waals surface area (Å²) in [6.45, 7) is 1.04. The highest BCUT2D eigenvalue weighted by molar-refractivity contribution is 5.78. The van der Waals surface area contributed by atoms with E-state index in [2.05, 4.69) is 0 Å². The quantitative estimate of drug-likeness (QED) is 0.890. The summed E-state index contributed by atoms with van der Waals surface area (Å²) in [5.41, 5.74) is 0.220. The Morgan fingerprint density at radius 3 is 2.70 bits per heavy atom. The maximum absolute atomic E-state index is 14.0. The first-order valence-corrected chi connectivity index (χ1v) is 8.64. The van der Waals surface area contributed by atoms with Crippen LogP contribution in [-0.4, -0.2) is 42.8 Å². The summed E-state index contributed by atoms with van der Waals surface area (Å²) in [5, 5.41) is 9.92. The van der Waals surface area contributed by atoms with E-state index in [1.807, 2.05) is 29.2 Å². The fourth-order valence-electron chi connectivity index (χ4n) is 4.21. The first-order valence-electron chi connectivity index (χ1n) is 8.64. The van der Waals surface area contributed by atoms with Crippen LogP contribution in [0.15, 0.2) is 36.4 Å². The van der Waals surface area contributed by atoms with E-state index < -0.39 is 28.8 Å². The molecule has 0 amide bonds. The molecule has 0 spiro atoms. The molecule has 27 heavy (non-hydrogen) atoms. The zero-order valence-corrected chi connectivity index (χ0v) is 14.7. The maximum atomic E-state index is 14.0. The topological polar surface area (TPSA) is 59.0 Å². The number of aliphatic carboxylic acids is 1. The lowest BCUT2D eigenvalue weighted by atomic mass is 9.73. The van der Waals surface area contributed by atoms with Crippen LogP contribution in [0.5, 0.6) is 11.5 Å². The van der Waals surface area contributed by atoms with Gasteiger partial charge in [0.05, 0.1) is 7.11 Å². The molecule has 2 aromatic rings. The van der Waals surface area contributed by atoms with Gasteiger partial charge >= 0.3 is 5.97 Å².